The molecule has 2 unspecified atom stereocenters. The average molecular weight is 424 g/mol. The first-order valence-corrected chi connectivity index (χ1v) is 9.76. The number of nitrogens with zero attached hydrogens (tertiary/aromatic N) is 2. The molecule has 2 atom stereocenters. The Bertz CT molecular complexity index is 921. The van der Waals surface area contributed by atoms with E-state index in [1.165, 1.54) is 16.8 Å². The van der Waals surface area contributed by atoms with Gasteiger partial charge in [0.15, 0.2) is 0 Å². The van der Waals surface area contributed by atoms with Gasteiger partial charge >= 0.3 is 6.18 Å². The molecule has 0 aliphatic heterocycles. The van der Waals surface area contributed by atoms with E-state index >= 15 is 0 Å². The van der Waals surface area contributed by atoms with Crippen molar-refractivity contribution in [3.63, 3.8) is 0 Å². The predicted molar refractivity (Wildman–Crippen MR) is 107 cm³/mol. The maximum Gasteiger partial charge on any atom is 0.416 e. The zero-order chi connectivity index (χ0) is 22.6. The lowest BCUT2D eigenvalue weighted by molar-refractivity contribution is -0.137. The summed E-state index contributed by atoms with van der Waals surface area (Å²) in [5.41, 5.74) is 1.21. The zero-order valence-corrected chi connectivity index (χ0v) is 17.7. The van der Waals surface area contributed by atoms with Crippen molar-refractivity contribution in [2.75, 3.05) is 0 Å². The minimum absolute atomic E-state index is 0.00651. The summed E-state index contributed by atoms with van der Waals surface area (Å²) in [5, 5.41) is 9.77. The molecule has 2 N–H and O–H groups in total. The summed E-state index contributed by atoms with van der Waals surface area (Å²) < 4.78 is 40.4. The number of hydrogen-bond donors (Lipinski definition) is 2. The molecule has 2 aromatic rings. The molecule has 0 radical (unpaired) electrons. The first-order chi connectivity index (χ1) is 13.9. The van der Waals surface area contributed by atoms with Crippen molar-refractivity contribution in [1.82, 2.24) is 20.4 Å². The lowest BCUT2D eigenvalue weighted by Crippen LogP contribution is -2.47. The lowest BCUT2D eigenvalue weighted by atomic mass is 10.1. The topological polar surface area (TPSA) is 76.0 Å². The Balaban J connectivity index is 2.16. The van der Waals surface area contributed by atoms with Crippen LogP contribution >= 0.6 is 0 Å². The van der Waals surface area contributed by atoms with Crippen molar-refractivity contribution in [2.24, 2.45) is 0 Å². The van der Waals surface area contributed by atoms with Gasteiger partial charge in [-0.05, 0) is 52.3 Å². The van der Waals surface area contributed by atoms with E-state index in [1.54, 1.807) is 20.8 Å². The van der Waals surface area contributed by atoms with E-state index in [9.17, 15) is 22.8 Å². The van der Waals surface area contributed by atoms with Gasteiger partial charge in [0.25, 0.3) is 0 Å². The van der Waals surface area contributed by atoms with Crippen LogP contribution < -0.4 is 10.6 Å². The summed E-state index contributed by atoms with van der Waals surface area (Å²) in [6.07, 6.45) is -3.71. The quantitative estimate of drug-likeness (QED) is 0.715. The van der Waals surface area contributed by atoms with Crippen LogP contribution in [0, 0.1) is 13.8 Å². The van der Waals surface area contributed by atoms with Crippen molar-refractivity contribution < 1.29 is 22.8 Å². The Labute approximate surface area is 173 Å². The van der Waals surface area contributed by atoms with Crippen LogP contribution in [-0.2, 0) is 22.2 Å². The van der Waals surface area contributed by atoms with E-state index in [0.717, 1.165) is 18.6 Å². The maximum absolute atomic E-state index is 13.0. The number of aryl methyl sites for hydroxylation is 1. The largest absolute Gasteiger partial charge is 0.416 e. The van der Waals surface area contributed by atoms with Crippen LogP contribution in [-0.4, -0.2) is 33.7 Å². The molecule has 1 heterocycles. The number of aromatic nitrogens is 2. The fourth-order valence-electron chi connectivity index (χ4n) is 2.98. The summed E-state index contributed by atoms with van der Waals surface area (Å²) in [6.45, 7) is 8.81. The highest BCUT2D eigenvalue weighted by Crippen LogP contribution is 2.30. The van der Waals surface area contributed by atoms with E-state index in [1.807, 2.05) is 13.8 Å². The highest BCUT2D eigenvalue weighted by Gasteiger charge is 2.31. The number of rotatable bonds is 7. The Kier molecular flexibility index (Phi) is 7.28. The molecule has 0 spiro atoms. The predicted octanol–water partition coefficient (Wildman–Crippen LogP) is 3.47. The molecule has 30 heavy (non-hydrogen) atoms. The highest BCUT2D eigenvalue weighted by atomic mass is 19.4. The molecule has 1 aromatic carbocycles. The maximum atomic E-state index is 13.0. The molecule has 9 heteroatoms. The second-order valence-electron chi connectivity index (χ2n) is 7.39. The van der Waals surface area contributed by atoms with Gasteiger partial charge < -0.3 is 10.6 Å². The first-order valence-electron chi connectivity index (χ1n) is 9.76. The summed E-state index contributed by atoms with van der Waals surface area (Å²) in [4.78, 5) is 24.5. The standard InChI is InChI=1S/C21H27F3N4O2/c1-6-12(2)25-20(30)14(4)26-19(29)11-18-13(3)27-28(15(18)5)17-9-7-8-16(10-17)21(22,23)24/h7-10,12,14H,6,11H2,1-5H3,(H,25,30)(H,26,29). The Morgan fingerprint density at radius 3 is 2.43 bits per heavy atom. The Hall–Kier alpha value is -2.84. The molecule has 1 aromatic heterocycles. The third kappa shape index (κ3) is 5.61. The van der Waals surface area contributed by atoms with Crippen molar-refractivity contribution in [3.05, 3.63) is 46.8 Å². The second kappa shape index (κ2) is 9.32. The van der Waals surface area contributed by atoms with E-state index in [-0.39, 0.29) is 30.0 Å². The van der Waals surface area contributed by atoms with Gasteiger partial charge in [-0.25, -0.2) is 4.68 Å². The first kappa shape index (κ1) is 23.4. The van der Waals surface area contributed by atoms with E-state index in [2.05, 4.69) is 15.7 Å². The number of carbonyl (C=O) groups is 2. The van der Waals surface area contributed by atoms with Gasteiger partial charge in [0.05, 0.1) is 23.4 Å². The van der Waals surface area contributed by atoms with Crippen LogP contribution in [0.1, 0.15) is 49.7 Å². The van der Waals surface area contributed by atoms with E-state index in [4.69, 9.17) is 0 Å². The molecule has 2 rings (SSSR count). The van der Waals surface area contributed by atoms with Gasteiger partial charge in [0.1, 0.15) is 6.04 Å². The van der Waals surface area contributed by atoms with E-state index in [0.29, 0.717) is 17.0 Å². The van der Waals surface area contributed by atoms with Crippen LogP contribution in [0.25, 0.3) is 5.69 Å². The van der Waals surface area contributed by atoms with Crippen LogP contribution in [0.15, 0.2) is 24.3 Å². The van der Waals surface area contributed by atoms with Gasteiger partial charge in [-0.15, -0.1) is 0 Å². The SMILES string of the molecule is CCC(C)NC(=O)C(C)NC(=O)Cc1c(C)nn(-c2cccc(C(F)(F)F)c2)c1C. The van der Waals surface area contributed by atoms with Crippen molar-refractivity contribution in [1.29, 1.82) is 0 Å². The van der Waals surface area contributed by atoms with Crippen molar-refractivity contribution >= 4 is 11.8 Å². The molecular formula is C21H27F3N4O2. The summed E-state index contributed by atoms with van der Waals surface area (Å²) >= 11 is 0. The molecule has 0 bridgehead atoms. The van der Waals surface area contributed by atoms with Crippen LogP contribution in [0.4, 0.5) is 13.2 Å². The number of halogens is 3. The number of hydrogen-bond acceptors (Lipinski definition) is 3. The highest BCUT2D eigenvalue weighted by molar-refractivity contribution is 5.88. The Morgan fingerprint density at radius 2 is 1.83 bits per heavy atom. The molecule has 0 saturated heterocycles. The van der Waals surface area contributed by atoms with Crippen molar-refractivity contribution in [3.8, 4) is 5.69 Å². The summed E-state index contributed by atoms with van der Waals surface area (Å²) in [5.74, 6) is -0.637. The summed E-state index contributed by atoms with van der Waals surface area (Å²) in [7, 11) is 0. The smallest absolute Gasteiger partial charge is 0.352 e. The zero-order valence-electron chi connectivity index (χ0n) is 17.7. The summed E-state index contributed by atoms with van der Waals surface area (Å²) in [6, 6.07) is 4.16. The monoisotopic (exact) mass is 424 g/mol. The molecule has 0 aliphatic rings. The minimum atomic E-state index is -4.46. The van der Waals surface area contributed by atoms with Gasteiger partial charge in [-0.2, -0.15) is 18.3 Å². The van der Waals surface area contributed by atoms with Crippen LogP contribution in [0.3, 0.4) is 0 Å². The lowest BCUT2D eigenvalue weighted by Gasteiger charge is -2.17. The normalized spacial score (nSPS) is 13.6. The third-order valence-corrected chi connectivity index (χ3v) is 4.97. The Morgan fingerprint density at radius 1 is 1.17 bits per heavy atom. The number of carbonyl (C=O) groups excluding carboxylic acids is 2. The molecule has 164 valence electrons. The third-order valence-electron chi connectivity index (χ3n) is 4.97. The van der Waals surface area contributed by atoms with Crippen LogP contribution in [0.2, 0.25) is 0 Å². The van der Waals surface area contributed by atoms with Crippen molar-refractivity contribution in [2.45, 2.75) is 65.7 Å². The molecule has 2 amide bonds. The average Bonchev–Trinajstić information content (AvgIpc) is 2.95. The van der Waals surface area contributed by atoms with Crippen LogP contribution in [0.5, 0.6) is 0 Å². The molecule has 0 fully saturated rings. The second-order valence-corrected chi connectivity index (χ2v) is 7.39. The molecule has 6 nitrogen and oxygen atoms in total. The van der Waals surface area contributed by atoms with Gasteiger partial charge in [-0.3, -0.25) is 9.59 Å². The van der Waals surface area contributed by atoms with Gasteiger partial charge in [-0.1, -0.05) is 13.0 Å². The van der Waals surface area contributed by atoms with Gasteiger partial charge in [0.2, 0.25) is 11.8 Å². The fraction of sp³-hybridized carbons (Fsp3) is 0.476. The number of alkyl halides is 3. The number of benzene rings is 1. The molecular weight excluding hydrogens is 397 g/mol. The minimum Gasteiger partial charge on any atom is -0.352 e. The molecule has 0 aliphatic carbocycles. The number of nitrogens with one attached hydrogen (secondary N) is 2. The van der Waals surface area contributed by atoms with Gasteiger partial charge in [0, 0.05) is 17.3 Å². The number of amides is 2. The molecule has 0 saturated carbocycles. The van der Waals surface area contributed by atoms with E-state index < -0.39 is 17.8 Å². The fourth-order valence-corrected chi connectivity index (χ4v) is 2.98.